The third-order valence-electron chi connectivity index (χ3n) is 7.50. The summed E-state index contributed by atoms with van der Waals surface area (Å²) in [7, 11) is 0. The monoisotopic (exact) mass is 538 g/mol. The first-order valence-corrected chi connectivity index (χ1v) is 13.7. The first-order chi connectivity index (χ1) is 20.8. The SMILES string of the molecule is c1ccc2cc(-c3ccc(-c4nc(-c5ccc6cnccc6c5)nc(-c5ccc6cnccc6c5)n4)cc3)ncc2c1. The fourth-order valence-corrected chi connectivity index (χ4v) is 5.24. The van der Waals surface area contributed by atoms with Gasteiger partial charge in [-0.25, -0.2) is 15.0 Å². The van der Waals surface area contributed by atoms with E-state index in [-0.39, 0.29) is 0 Å². The molecule has 0 aliphatic rings. The van der Waals surface area contributed by atoms with Gasteiger partial charge in [0, 0.05) is 69.4 Å². The molecule has 0 amide bonds. The quantitative estimate of drug-likeness (QED) is 0.225. The second-order valence-electron chi connectivity index (χ2n) is 10.2. The van der Waals surface area contributed by atoms with E-state index in [9.17, 15) is 0 Å². The standard InChI is InChI=1S/C36H22N6/c1-2-4-30-22-39-33(19-25(30)3-1)23-5-7-24(8-6-23)34-40-35(28-9-11-31-20-37-15-13-26(31)17-28)42-36(41-34)29-10-12-32-21-38-16-14-27(32)18-29/h1-22H. The third-order valence-corrected chi connectivity index (χ3v) is 7.50. The highest BCUT2D eigenvalue weighted by Crippen LogP contribution is 2.30. The van der Waals surface area contributed by atoms with Gasteiger partial charge in [0.05, 0.1) is 5.69 Å². The van der Waals surface area contributed by atoms with Crippen LogP contribution in [0, 0.1) is 0 Å². The average Bonchev–Trinajstić information content (AvgIpc) is 3.07. The maximum Gasteiger partial charge on any atom is 0.164 e. The Morgan fingerprint density at radius 1 is 0.357 bits per heavy atom. The Hall–Kier alpha value is -5.88. The van der Waals surface area contributed by atoms with Crippen molar-refractivity contribution in [1.29, 1.82) is 0 Å². The van der Waals surface area contributed by atoms with E-state index in [1.165, 1.54) is 0 Å². The summed E-state index contributed by atoms with van der Waals surface area (Å²) in [6, 6.07) is 35.0. The van der Waals surface area contributed by atoms with Crippen molar-refractivity contribution in [2.75, 3.05) is 0 Å². The molecule has 8 aromatic rings. The first kappa shape index (κ1) is 24.0. The minimum atomic E-state index is 0.609. The molecule has 0 atom stereocenters. The van der Waals surface area contributed by atoms with Crippen LogP contribution in [-0.4, -0.2) is 29.9 Å². The maximum atomic E-state index is 4.95. The van der Waals surface area contributed by atoms with Gasteiger partial charge in [-0.3, -0.25) is 15.0 Å². The zero-order valence-electron chi connectivity index (χ0n) is 22.4. The smallest absolute Gasteiger partial charge is 0.164 e. The van der Waals surface area contributed by atoms with Crippen molar-refractivity contribution in [1.82, 2.24) is 29.9 Å². The molecule has 0 radical (unpaired) electrons. The number of hydrogen-bond acceptors (Lipinski definition) is 6. The van der Waals surface area contributed by atoms with Gasteiger partial charge in [-0.15, -0.1) is 0 Å². The van der Waals surface area contributed by atoms with Crippen molar-refractivity contribution in [3.63, 3.8) is 0 Å². The molecule has 6 nitrogen and oxygen atoms in total. The molecular weight excluding hydrogens is 516 g/mol. The largest absolute Gasteiger partial charge is 0.264 e. The lowest BCUT2D eigenvalue weighted by atomic mass is 10.0. The summed E-state index contributed by atoms with van der Waals surface area (Å²) in [6.07, 6.45) is 9.24. The summed E-state index contributed by atoms with van der Waals surface area (Å²) in [5.74, 6) is 1.84. The molecule has 0 bridgehead atoms. The van der Waals surface area contributed by atoms with E-state index in [1.807, 2.05) is 67.1 Å². The number of rotatable bonds is 4. The van der Waals surface area contributed by atoms with E-state index in [0.717, 1.165) is 60.3 Å². The molecule has 0 spiro atoms. The van der Waals surface area contributed by atoms with Crippen LogP contribution >= 0.6 is 0 Å². The molecule has 6 heteroatoms. The molecule has 0 unspecified atom stereocenters. The lowest BCUT2D eigenvalue weighted by Gasteiger charge is -2.10. The van der Waals surface area contributed by atoms with Gasteiger partial charge in [0.2, 0.25) is 0 Å². The highest BCUT2D eigenvalue weighted by Gasteiger charge is 2.14. The van der Waals surface area contributed by atoms with Crippen LogP contribution in [0.25, 0.3) is 77.7 Å². The molecular formula is C36H22N6. The van der Waals surface area contributed by atoms with E-state index in [0.29, 0.717) is 17.5 Å². The van der Waals surface area contributed by atoms with Gasteiger partial charge < -0.3 is 0 Å². The highest BCUT2D eigenvalue weighted by molar-refractivity contribution is 5.88. The van der Waals surface area contributed by atoms with Crippen molar-refractivity contribution in [2.24, 2.45) is 0 Å². The second kappa shape index (κ2) is 9.94. The number of aromatic nitrogens is 6. The minimum absolute atomic E-state index is 0.609. The van der Waals surface area contributed by atoms with Crippen molar-refractivity contribution >= 4 is 32.3 Å². The van der Waals surface area contributed by atoms with E-state index >= 15 is 0 Å². The summed E-state index contributed by atoms with van der Waals surface area (Å²) < 4.78 is 0. The zero-order chi connectivity index (χ0) is 27.9. The van der Waals surface area contributed by atoms with Crippen molar-refractivity contribution in [2.45, 2.75) is 0 Å². The van der Waals surface area contributed by atoms with Gasteiger partial charge in [0.1, 0.15) is 0 Å². The van der Waals surface area contributed by atoms with Crippen LogP contribution in [0.2, 0.25) is 0 Å². The summed E-state index contributed by atoms with van der Waals surface area (Å²) in [4.78, 5) is 28.0. The van der Waals surface area contributed by atoms with Gasteiger partial charge in [0.25, 0.3) is 0 Å². The van der Waals surface area contributed by atoms with Crippen LogP contribution < -0.4 is 0 Å². The van der Waals surface area contributed by atoms with Crippen LogP contribution in [-0.2, 0) is 0 Å². The zero-order valence-corrected chi connectivity index (χ0v) is 22.4. The minimum Gasteiger partial charge on any atom is -0.264 e. The summed E-state index contributed by atoms with van der Waals surface area (Å²) in [5.41, 5.74) is 4.69. The summed E-state index contributed by atoms with van der Waals surface area (Å²) in [5, 5.41) is 6.58. The Morgan fingerprint density at radius 3 is 1.45 bits per heavy atom. The Morgan fingerprint density at radius 2 is 0.833 bits per heavy atom. The molecule has 4 aromatic heterocycles. The van der Waals surface area contributed by atoms with Gasteiger partial charge in [-0.05, 0) is 46.5 Å². The normalized spacial score (nSPS) is 11.3. The van der Waals surface area contributed by atoms with E-state index in [4.69, 9.17) is 15.0 Å². The number of fused-ring (bicyclic) bond motifs is 3. The van der Waals surface area contributed by atoms with E-state index in [1.54, 1.807) is 12.4 Å². The molecule has 0 saturated heterocycles. The van der Waals surface area contributed by atoms with Crippen LogP contribution in [0.1, 0.15) is 0 Å². The van der Waals surface area contributed by atoms with E-state index in [2.05, 4.69) is 69.5 Å². The van der Waals surface area contributed by atoms with Gasteiger partial charge in [0.15, 0.2) is 17.5 Å². The fraction of sp³-hybridized carbons (Fsp3) is 0. The Labute approximate surface area is 241 Å². The van der Waals surface area contributed by atoms with Crippen LogP contribution in [0.15, 0.2) is 134 Å². The summed E-state index contributed by atoms with van der Waals surface area (Å²) in [6.45, 7) is 0. The fourth-order valence-electron chi connectivity index (χ4n) is 5.24. The number of nitrogens with zero attached hydrogens (tertiary/aromatic N) is 6. The Kier molecular flexibility index (Phi) is 5.67. The molecule has 0 aliphatic heterocycles. The molecule has 8 rings (SSSR count). The highest BCUT2D eigenvalue weighted by atomic mass is 15.0. The summed E-state index contributed by atoms with van der Waals surface area (Å²) >= 11 is 0. The molecule has 0 saturated carbocycles. The second-order valence-corrected chi connectivity index (χ2v) is 10.2. The predicted octanol–water partition coefficient (Wildman–Crippen LogP) is 8.18. The molecule has 0 aliphatic carbocycles. The van der Waals surface area contributed by atoms with Gasteiger partial charge >= 0.3 is 0 Å². The molecule has 4 aromatic carbocycles. The Bertz CT molecular complexity index is 2160. The van der Waals surface area contributed by atoms with Crippen LogP contribution in [0.4, 0.5) is 0 Å². The third kappa shape index (κ3) is 4.41. The molecule has 4 heterocycles. The van der Waals surface area contributed by atoms with Crippen molar-refractivity contribution in [3.8, 4) is 45.4 Å². The van der Waals surface area contributed by atoms with Crippen molar-refractivity contribution in [3.05, 3.63) is 134 Å². The topological polar surface area (TPSA) is 77.3 Å². The van der Waals surface area contributed by atoms with Gasteiger partial charge in [-0.1, -0.05) is 72.8 Å². The maximum absolute atomic E-state index is 4.95. The average molecular weight is 539 g/mol. The molecule has 0 fully saturated rings. The molecule has 0 N–H and O–H groups in total. The van der Waals surface area contributed by atoms with Crippen LogP contribution in [0.3, 0.4) is 0 Å². The van der Waals surface area contributed by atoms with Gasteiger partial charge in [-0.2, -0.15) is 0 Å². The number of benzene rings is 4. The van der Waals surface area contributed by atoms with E-state index < -0.39 is 0 Å². The van der Waals surface area contributed by atoms with Crippen LogP contribution in [0.5, 0.6) is 0 Å². The molecule has 42 heavy (non-hydrogen) atoms. The lowest BCUT2D eigenvalue weighted by molar-refractivity contribution is 1.07. The first-order valence-electron chi connectivity index (χ1n) is 13.7. The lowest BCUT2D eigenvalue weighted by Crippen LogP contribution is -2.00. The number of hydrogen-bond donors (Lipinski definition) is 0. The molecule has 196 valence electrons. The number of pyridine rings is 3. The van der Waals surface area contributed by atoms with Crippen molar-refractivity contribution < 1.29 is 0 Å². The Balaban J connectivity index is 1.25. The predicted molar refractivity (Wildman–Crippen MR) is 167 cm³/mol.